The van der Waals surface area contributed by atoms with E-state index in [1.165, 1.54) is 32.5 Å². The van der Waals surface area contributed by atoms with Gasteiger partial charge in [-0.05, 0) is 46.0 Å². The molecule has 0 saturated carbocycles. The van der Waals surface area contributed by atoms with Crippen molar-refractivity contribution in [1.29, 1.82) is 0 Å². The highest BCUT2D eigenvalue weighted by Crippen LogP contribution is 2.15. The lowest BCUT2D eigenvalue weighted by Gasteiger charge is -2.20. The van der Waals surface area contributed by atoms with Crippen molar-refractivity contribution >= 4 is 0 Å². The summed E-state index contributed by atoms with van der Waals surface area (Å²) in [6.07, 6.45) is 2.72. The fraction of sp³-hybridized carbons (Fsp3) is 0.714. The van der Waals surface area contributed by atoms with Gasteiger partial charge in [-0.2, -0.15) is 0 Å². The number of likely N-dealkylation sites (N-methyl/N-ethyl adjacent to an activating group) is 1. The van der Waals surface area contributed by atoms with Crippen molar-refractivity contribution in [3.05, 3.63) is 23.2 Å². The SMILES string of the molecule is Cc1oc(CN(C)CCN2CCCC2)cc1CN. The number of hydrogen-bond acceptors (Lipinski definition) is 4. The molecule has 0 aromatic carbocycles. The van der Waals surface area contributed by atoms with E-state index < -0.39 is 0 Å². The van der Waals surface area contributed by atoms with Crippen molar-refractivity contribution in [2.24, 2.45) is 5.73 Å². The number of aryl methyl sites for hydroxylation is 1. The van der Waals surface area contributed by atoms with E-state index in [0.717, 1.165) is 30.2 Å². The molecule has 0 atom stereocenters. The van der Waals surface area contributed by atoms with Crippen LogP contribution in [0.15, 0.2) is 10.5 Å². The van der Waals surface area contributed by atoms with E-state index in [1.54, 1.807) is 0 Å². The van der Waals surface area contributed by atoms with E-state index in [4.69, 9.17) is 10.2 Å². The number of rotatable bonds is 6. The molecule has 2 rings (SSSR count). The first-order chi connectivity index (χ1) is 8.69. The second kappa shape index (κ2) is 6.36. The van der Waals surface area contributed by atoms with Gasteiger partial charge < -0.3 is 15.1 Å². The summed E-state index contributed by atoms with van der Waals surface area (Å²) in [6, 6.07) is 2.09. The topological polar surface area (TPSA) is 45.6 Å². The Hall–Kier alpha value is -0.840. The van der Waals surface area contributed by atoms with Crippen molar-refractivity contribution in [2.75, 3.05) is 33.2 Å². The Labute approximate surface area is 110 Å². The second-order valence-corrected chi connectivity index (χ2v) is 5.28. The Bertz CT molecular complexity index is 369. The van der Waals surface area contributed by atoms with Crippen molar-refractivity contribution in [3.8, 4) is 0 Å². The zero-order chi connectivity index (χ0) is 13.0. The Morgan fingerprint density at radius 3 is 2.72 bits per heavy atom. The summed E-state index contributed by atoms with van der Waals surface area (Å²) in [5.41, 5.74) is 6.78. The third kappa shape index (κ3) is 3.57. The van der Waals surface area contributed by atoms with Gasteiger partial charge in [0.25, 0.3) is 0 Å². The fourth-order valence-corrected chi connectivity index (χ4v) is 2.53. The molecule has 2 heterocycles. The van der Waals surface area contributed by atoms with Crippen molar-refractivity contribution < 1.29 is 4.42 Å². The summed E-state index contributed by atoms with van der Waals surface area (Å²) in [5, 5.41) is 0. The standard InChI is InChI=1S/C14H25N3O/c1-12-13(10-15)9-14(18-12)11-16(2)7-8-17-5-3-4-6-17/h9H,3-8,10-11,15H2,1-2H3. The van der Waals surface area contributed by atoms with Crippen molar-refractivity contribution in [1.82, 2.24) is 9.80 Å². The molecule has 0 unspecified atom stereocenters. The maximum absolute atomic E-state index is 5.71. The lowest BCUT2D eigenvalue weighted by atomic mass is 10.2. The summed E-state index contributed by atoms with van der Waals surface area (Å²) in [7, 11) is 2.15. The molecular weight excluding hydrogens is 226 g/mol. The van der Waals surface area contributed by atoms with E-state index in [1.807, 2.05) is 6.92 Å². The van der Waals surface area contributed by atoms with Crippen LogP contribution in [0, 0.1) is 6.92 Å². The third-order valence-corrected chi connectivity index (χ3v) is 3.71. The maximum Gasteiger partial charge on any atom is 0.118 e. The van der Waals surface area contributed by atoms with E-state index in [9.17, 15) is 0 Å². The van der Waals surface area contributed by atoms with E-state index in [2.05, 4.69) is 22.9 Å². The van der Waals surface area contributed by atoms with Gasteiger partial charge in [0.1, 0.15) is 11.5 Å². The predicted octanol–water partition coefficient (Wildman–Crippen LogP) is 1.57. The molecule has 1 aliphatic rings. The molecule has 0 radical (unpaired) electrons. The van der Waals surface area contributed by atoms with Gasteiger partial charge in [0.2, 0.25) is 0 Å². The van der Waals surface area contributed by atoms with E-state index in [0.29, 0.717) is 6.54 Å². The minimum absolute atomic E-state index is 0.562. The van der Waals surface area contributed by atoms with Gasteiger partial charge in [0.15, 0.2) is 0 Å². The highest BCUT2D eigenvalue weighted by molar-refractivity contribution is 5.20. The van der Waals surface area contributed by atoms with Crippen LogP contribution in [0.25, 0.3) is 0 Å². The quantitative estimate of drug-likeness (QED) is 0.833. The summed E-state index contributed by atoms with van der Waals surface area (Å²) < 4.78 is 5.71. The lowest BCUT2D eigenvalue weighted by Crippen LogP contribution is -2.31. The Balaban J connectivity index is 1.77. The maximum atomic E-state index is 5.71. The average molecular weight is 251 g/mol. The molecule has 102 valence electrons. The van der Waals surface area contributed by atoms with Crippen LogP contribution < -0.4 is 5.73 Å². The molecule has 1 fully saturated rings. The average Bonchev–Trinajstić information content (AvgIpc) is 2.96. The van der Waals surface area contributed by atoms with Gasteiger partial charge in [0.05, 0.1) is 6.54 Å². The highest BCUT2D eigenvalue weighted by atomic mass is 16.3. The first-order valence-electron chi connectivity index (χ1n) is 6.88. The fourth-order valence-electron chi connectivity index (χ4n) is 2.53. The minimum Gasteiger partial charge on any atom is -0.465 e. The predicted molar refractivity (Wildman–Crippen MR) is 73.3 cm³/mol. The molecule has 0 aliphatic carbocycles. The van der Waals surface area contributed by atoms with Gasteiger partial charge in [-0.1, -0.05) is 0 Å². The molecule has 4 heteroatoms. The molecule has 4 nitrogen and oxygen atoms in total. The minimum atomic E-state index is 0.562. The van der Waals surface area contributed by atoms with Crippen LogP contribution in [0.1, 0.15) is 29.9 Å². The highest BCUT2D eigenvalue weighted by Gasteiger charge is 2.13. The van der Waals surface area contributed by atoms with Crippen LogP contribution in [0.3, 0.4) is 0 Å². The largest absolute Gasteiger partial charge is 0.465 e. The molecular formula is C14H25N3O. The van der Waals surface area contributed by atoms with Gasteiger partial charge in [-0.15, -0.1) is 0 Å². The van der Waals surface area contributed by atoms with Crippen LogP contribution >= 0.6 is 0 Å². The zero-order valence-corrected chi connectivity index (χ0v) is 11.6. The number of likely N-dealkylation sites (tertiary alicyclic amines) is 1. The third-order valence-electron chi connectivity index (χ3n) is 3.71. The lowest BCUT2D eigenvalue weighted by molar-refractivity contribution is 0.238. The molecule has 1 aromatic heterocycles. The first-order valence-corrected chi connectivity index (χ1v) is 6.88. The van der Waals surface area contributed by atoms with Crippen LogP contribution in [-0.4, -0.2) is 43.0 Å². The number of nitrogens with zero attached hydrogens (tertiary/aromatic N) is 2. The summed E-state index contributed by atoms with van der Waals surface area (Å²) in [5.74, 6) is 1.98. The first kappa shape index (κ1) is 13.6. The van der Waals surface area contributed by atoms with Gasteiger partial charge in [-0.3, -0.25) is 4.90 Å². The van der Waals surface area contributed by atoms with E-state index in [-0.39, 0.29) is 0 Å². The Morgan fingerprint density at radius 1 is 1.39 bits per heavy atom. The normalized spacial score (nSPS) is 16.9. The molecule has 1 aliphatic heterocycles. The Kier molecular flexibility index (Phi) is 4.80. The van der Waals surface area contributed by atoms with Crippen LogP contribution in [0.5, 0.6) is 0 Å². The van der Waals surface area contributed by atoms with E-state index >= 15 is 0 Å². The molecule has 0 amide bonds. The molecule has 1 saturated heterocycles. The van der Waals surface area contributed by atoms with Crippen LogP contribution in [0.2, 0.25) is 0 Å². The summed E-state index contributed by atoms with van der Waals surface area (Å²) >= 11 is 0. The van der Waals surface area contributed by atoms with Crippen molar-refractivity contribution in [2.45, 2.75) is 32.9 Å². The zero-order valence-electron chi connectivity index (χ0n) is 11.6. The Morgan fingerprint density at radius 2 is 2.11 bits per heavy atom. The second-order valence-electron chi connectivity index (χ2n) is 5.28. The molecule has 0 spiro atoms. The summed E-state index contributed by atoms with van der Waals surface area (Å²) in [4.78, 5) is 4.85. The number of furan rings is 1. The van der Waals surface area contributed by atoms with Gasteiger partial charge >= 0.3 is 0 Å². The number of nitrogens with two attached hydrogens (primary N) is 1. The van der Waals surface area contributed by atoms with Crippen molar-refractivity contribution in [3.63, 3.8) is 0 Å². The molecule has 0 bridgehead atoms. The summed E-state index contributed by atoms with van der Waals surface area (Å²) in [6.45, 7) is 8.21. The molecule has 18 heavy (non-hydrogen) atoms. The van der Waals surface area contributed by atoms with Crippen LogP contribution in [-0.2, 0) is 13.1 Å². The molecule has 1 aromatic rings. The van der Waals surface area contributed by atoms with Crippen LogP contribution in [0.4, 0.5) is 0 Å². The smallest absolute Gasteiger partial charge is 0.118 e. The van der Waals surface area contributed by atoms with Gasteiger partial charge in [0, 0.05) is 25.2 Å². The monoisotopic (exact) mass is 251 g/mol. The number of hydrogen-bond donors (Lipinski definition) is 1. The molecule has 2 N–H and O–H groups in total. The van der Waals surface area contributed by atoms with Gasteiger partial charge in [-0.25, -0.2) is 0 Å².